The van der Waals surface area contributed by atoms with Gasteiger partial charge in [-0.15, -0.1) is 0 Å². The Hall–Kier alpha value is -2.11. The van der Waals surface area contributed by atoms with E-state index in [9.17, 15) is 4.79 Å². The minimum Gasteiger partial charge on any atom is -0.348 e. The minimum absolute atomic E-state index is 0.00532. The van der Waals surface area contributed by atoms with E-state index in [0.717, 1.165) is 16.8 Å². The predicted molar refractivity (Wildman–Crippen MR) is 92.7 cm³/mol. The van der Waals surface area contributed by atoms with Crippen molar-refractivity contribution in [3.8, 4) is 0 Å². The highest BCUT2D eigenvalue weighted by molar-refractivity contribution is 7.08. The van der Waals surface area contributed by atoms with Crippen LogP contribution < -0.4 is 5.32 Å². The first-order valence-corrected chi connectivity index (χ1v) is 8.58. The summed E-state index contributed by atoms with van der Waals surface area (Å²) >= 11 is 7.57. The molecule has 0 saturated carbocycles. The number of aryl methyl sites for hydroxylation is 1. The standard InChI is InChI=1S/C17H16ClN3OS/c18-14-3-1-12(2-4-14)17(13-7-8-23-10-13)21-16(22)6-5-15-9-19-11-20-15/h1-4,7-11,17H,5-6H2,(H,19,20)(H,21,22)/t17-/m1/s1. The van der Waals surface area contributed by atoms with E-state index in [1.165, 1.54) is 0 Å². The molecule has 0 spiro atoms. The summed E-state index contributed by atoms with van der Waals surface area (Å²) in [5, 5.41) is 7.85. The van der Waals surface area contributed by atoms with Crippen LogP contribution in [0.2, 0.25) is 5.02 Å². The van der Waals surface area contributed by atoms with Crippen molar-refractivity contribution >= 4 is 28.8 Å². The van der Waals surface area contributed by atoms with Gasteiger partial charge in [0.15, 0.2) is 0 Å². The van der Waals surface area contributed by atoms with Crippen LogP contribution in [-0.4, -0.2) is 15.9 Å². The second-order valence-electron chi connectivity index (χ2n) is 5.19. The zero-order valence-corrected chi connectivity index (χ0v) is 13.9. The Balaban J connectivity index is 1.71. The van der Waals surface area contributed by atoms with Crippen molar-refractivity contribution in [3.05, 3.63) is 75.5 Å². The number of carbonyl (C=O) groups is 1. The number of hydrogen-bond acceptors (Lipinski definition) is 3. The first-order valence-electron chi connectivity index (χ1n) is 7.26. The van der Waals surface area contributed by atoms with E-state index < -0.39 is 0 Å². The lowest BCUT2D eigenvalue weighted by atomic mass is 10.0. The third-order valence-corrected chi connectivity index (χ3v) is 4.51. The van der Waals surface area contributed by atoms with Crippen molar-refractivity contribution in [1.29, 1.82) is 0 Å². The molecule has 1 aromatic carbocycles. The van der Waals surface area contributed by atoms with Crippen molar-refractivity contribution in [2.45, 2.75) is 18.9 Å². The molecule has 0 radical (unpaired) electrons. The Morgan fingerprint density at radius 3 is 2.74 bits per heavy atom. The SMILES string of the molecule is O=C(CCc1cnc[nH]1)N[C@H](c1ccc(Cl)cc1)c1ccsc1. The number of imidazole rings is 1. The van der Waals surface area contributed by atoms with Gasteiger partial charge in [-0.2, -0.15) is 11.3 Å². The number of aromatic amines is 1. The number of aromatic nitrogens is 2. The molecule has 3 rings (SSSR count). The highest BCUT2D eigenvalue weighted by atomic mass is 35.5. The summed E-state index contributed by atoms with van der Waals surface area (Å²) in [4.78, 5) is 19.3. The van der Waals surface area contributed by atoms with Gasteiger partial charge < -0.3 is 10.3 Å². The molecule has 3 aromatic rings. The highest BCUT2D eigenvalue weighted by Crippen LogP contribution is 2.25. The molecular formula is C17H16ClN3OS. The van der Waals surface area contributed by atoms with Crippen molar-refractivity contribution in [2.24, 2.45) is 0 Å². The summed E-state index contributed by atoms with van der Waals surface area (Å²) < 4.78 is 0. The van der Waals surface area contributed by atoms with Crippen LogP contribution in [0.4, 0.5) is 0 Å². The Bertz CT molecular complexity index is 739. The van der Waals surface area contributed by atoms with Crippen molar-refractivity contribution < 1.29 is 4.79 Å². The zero-order valence-electron chi connectivity index (χ0n) is 12.3. The van der Waals surface area contributed by atoms with Gasteiger partial charge in [-0.05, 0) is 46.5 Å². The van der Waals surface area contributed by atoms with Gasteiger partial charge in [-0.25, -0.2) is 4.98 Å². The zero-order chi connectivity index (χ0) is 16.1. The largest absolute Gasteiger partial charge is 0.348 e. The summed E-state index contributed by atoms with van der Waals surface area (Å²) in [7, 11) is 0. The maximum atomic E-state index is 12.3. The molecule has 2 heterocycles. The van der Waals surface area contributed by atoms with E-state index in [2.05, 4.69) is 20.7 Å². The normalized spacial score (nSPS) is 12.0. The number of amides is 1. The first-order chi connectivity index (χ1) is 11.2. The van der Waals surface area contributed by atoms with Crippen molar-refractivity contribution in [1.82, 2.24) is 15.3 Å². The van der Waals surface area contributed by atoms with E-state index in [-0.39, 0.29) is 11.9 Å². The maximum Gasteiger partial charge on any atom is 0.221 e. The molecule has 0 aliphatic rings. The molecule has 2 aromatic heterocycles. The maximum absolute atomic E-state index is 12.3. The average Bonchev–Trinajstić information content (AvgIpc) is 3.25. The average molecular weight is 346 g/mol. The number of thiophene rings is 1. The van der Waals surface area contributed by atoms with Crippen molar-refractivity contribution in [2.75, 3.05) is 0 Å². The van der Waals surface area contributed by atoms with Gasteiger partial charge in [0.25, 0.3) is 0 Å². The molecule has 1 atom stereocenters. The second kappa shape index (κ2) is 7.44. The summed E-state index contributed by atoms with van der Waals surface area (Å²) in [6, 6.07) is 9.44. The fraction of sp³-hybridized carbons (Fsp3) is 0.176. The number of H-pyrrole nitrogens is 1. The van der Waals surface area contributed by atoms with E-state index in [1.54, 1.807) is 23.9 Å². The summed E-state index contributed by atoms with van der Waals surface area (Å²) in [5.74, 6) is 0.00532. The van der Waals surface area contributed by atoms with Gasteiger partial charge in [0.05, 0.1) is 12.4 Å². The number of hydrogen-bond donors (Lipinski definition) is 2. The fourth-order valence-electron chi connectivity index (χ4n) is 2.36. The molecule has 0 unspecified atom stereocenters. The summed E-state index contributed by atoms with van der Waals surface area (Å²) in [6.45, 7) is 0. The van der Waals surface area contributed by atoms with E-state index in [4.69, 9.17) is 11.6 Å². The second-order valence-corrected chi connectivity index (χ2v) is 6.40. The quantitative estimate of drug-likeness (QED) is 0.710. The molecule has 118 valence electrons. The van der Waals surface area contributed by atoms with Gasteiger partial charge in [-0.3, -0.25) is 4.79 Å². The predicted octanol–water partition coefficient (Wildman–Crippen LogP) is 3.96. The Morgan fingerprint density at radius 2 is 2.09 bits per heavy atom. The smallest absolute Gasteiger partial charge is 0.221 e. The Labute approximate surface area is 143 Å². The van der Waals surface area contributed by atoms with Crippen LogP contribution in [0.1, 0.15) is 29.3 Å². The number of nitrogens with zero attached hydrogens (tertiary/aromatic N) is 1. The summed E-state index contributed by atoms with van der Waals surface area (Å²) in [6.07, 6.45) is 4.41. The molecule has 2 N–H and O–H groups in total. The van der Waals surface area contributed by atoms with Gasteiger partial charge in [-0.1, -0.05) is 23.7 Å². The van der Waals surface area contributed by atoms with E-state index in [0.29, 0.717) is 17.9 Å². The lowest BCUT2D eigenvalue weighted by Gasteiger charge is -2.18. The molecule has 0 saturated heterocycles. The molecule has 0 aliphatic carbocycles. The summed E-state index contributed by atoms with van der Waals surface area (Å²) in [5.41, 5.74) is 3.05. The molecule has 0 bridgehead atoms. The minimum atomic E-state index is -0.159. The number of benzene rings is 1. The first kappa shape index (κ1) is 15.8. The van der Waals surface area contributed by atoms with Crippen LogP contribution in [0.3, 0.4) is 0 Å². The molecule has 23 heavy (non-hydrogen) atoms. The van der Waals surface area contributed by atoms with Crippen LogP contribution in [0.5, 0.6) is 0 Å². The number of rotatable bonds is 6. The van der Waals surface area contributed by atoms with Gasteiger partial charge in [0.2, 0.25) is 5.91 Å². The molecule has 0 aliphatic heterocycles. The van der Waals surface area contributed by atoms with Gasteiger partial charge in [0.1, 0.15) is 0 Å². The van der Waals surface area contributed by atoms with Crippen LogP contribution >= 0.6 is 22.9 Å². The Morgan fingerprint density at radius 1 is 1.26 bits per heavy atom. The number of halogens is 1. The van der Waals surface area contributed by atoms with E-state index >= 15 is 0 Å². The third-order valence-electron chi connectivity index (χ3n) is 3.56. The number of nitrogens with one attached hydrogen (secondary N) is 2. The van der Waals surface area contributed by atoms with Crippen LogP contribution in [-0.2, 0) is 11.2 Å². The van der Waals surface area contributed by atoms with E-state index in [1.807, 2.05) is 35.7 Å². The van der Waals surface area contributed by atoms with Gasteiger partial charge >= 0.3 is 0 Å². The molecule has 6 heteroatoms. The van der Waals surface area contributed by atoms with Gasteiger partial charge in [0, 0.05) is 23.3 Å². The monoisotopic (exact) mass is 345 g/mol. The lowest BCUT2D eigenvalue weighted by molar-refractivity contribution is -0.121. The highest BCUT2D eigenvalue weighted by Gasteiger charge is 2.17. The topological polar surface area (TPSA) is 57.8 Å². The number of carbonyl (C=O) groups excluding carboxylic acids is 1. The van der Waals surface area contributed by atoms with Crippen molar-refractivity contribution in [3.63, 3.8) is 0 Å². The third kappa shape index (κ3) is 4.21. The fourth-order valence-corrected chi connectivity index (χ4v) is 3.17. The molecule has 0 fully saturated rings. The van der Waals surface area contributed by atoms with Crippen LogP contribution in [0.25, 0.3) is 0 Å². The lowest BCUT2D eigenvalue weighted by Crippen LogP contribution is -2.29. The van der Waals surface area contributed by atoms with Crippen LogP contribution in [0, 0.1) is 0 Å². The van der Waals surface area contributed by atoms with Crippen LogP contribution in [0.15, 0.2) is 53.6 Å². The Kier molecular flexibility index (Phi) is 5.10. The molecule has 1 amide bonds. The molecule has 4 nitrogen and oxygen atoms in total. The molecular weight excluding hydrogens is 330 g/mol.